The summed E-state index contributed by atoms with van der Waals surface area (Å²) in [4.78, 5) is 6.36. The summed E-state index contributed by atoms with van der Waals surface area (Å²) in [6.45, 7) is 4.86. The Morgan fingerprint density at radius 1 is 1.56 bits per heavy atom. The molecule has 0 bridgehead atoms. The molecule has 0 radical (unpaired) electrons. The molecule has 0 atom stereocenters. The van der Waals surface area contributed by atoms with Crippen LogP contribution in [0.25, 0.3) is 0 Å². The zero-order chi connectivity index (χ0) is 12.1. The smallest absolute Gasteiger partial charge is 0.128 e. The highest BCUT2D eigenvalue weighted by atomic mass is 35.5. The van der Waals surface area contributed by atoms with Gasteiger partial charge in [-0.3, -0.25) is 5.41 Å². The molecule has 0 aliphatic heterocycles. The van der Waals surface area contributed by atoms with Crippen molar-refractivity contribution in [2.45, 2.75) is 26.3 Å². The molecule has 16 heavy (non-hydrogen) atoms. The Bertz CT molecular complexity index is 348. The fraction of sp³-hybridized carbons (Fsp3) is 0.455. The molecule has 0 fully saturated rings. The largest absolute Gasteiger partial charge is 0.388 e. The summed E-state index contributed by atoms with van der Waals surface area (Å²) >= 11 is 5.79. The molecule has 0 saturated heterocycles. The normalized spacial score (nSPS) is 10.5. The van der Waals surface area contributed by atoms with E-state index in [1.54, 1.807) is 6.20 Å². The number of amidine groups is 1. The summed E-state index contributed by atoms with van der Waals surface area (Å²) in [6.07, 6.45) is 2.17. The van der Waals surface area contributed by atoms with Crippen molar-refractivity contribution in [2.24, 2.45) is 5.73 Å². The van der Waals surface area contributed by atoms with Crippen LogP contribution >= 0.6 is 11.6 Å². The van der Waals surface area contributed by atoms with Crippen molar-refractivity contribution in [3.63, 3.8) is 0 Å². The van der Waals surface area contributed by atoms with Crippen LogP contribution in [0.4, 0.5) is 5.82 Å². The number of nitrogens with one attached hydrogen (secondary N) is 1. The monoisotopic (exact) mass is 240 g/mol. The molecule has 4 nitrogen and oxygen atoms in total. The van der Waals surface area contributed by atoms with Gasteiger partial charge < -0.3 is 10.6 Å². The SMILES string of the molecule is CC(C)N(CCC(=N)N)c1ccc(Cl)cn1. The van der Waals surface area contributed by atoms with E-state index in [-0.39, 0.29) is 5.84 Å². The van der Waals surface area contributed by atoms with Crippen LogP contribution in [0.3, 0.4) is 0 Å². The maximum Gasteiger partial charge on any atom is 0.128 e. The lowest BCUT2D eigenvalue weighted by Gasteiger charge is -2.27. The third-order valence-corrected chi connectivity index (χ3v) is 2.48. The van der Waals surface area contributed by atoms with Gasteiger partial charge in [0.05, 0.1) is 10.9 Å². The first kappa shape index (κ1) is 12.8. The molecule has 0 saturated carbocycles. The Morgan fingerprint density at radius 2 is 2.25 bits per heavy atom. The Morgan fingerprint density at radius 3 is 2.69 bits per heavy atom. The van der Waals surface area contributed by atoms with Crippen molar-refractivity contribution < 1.29 is 0 Å². The van der Waals surface area contributed by atoms with Crippen LogP contribution < -0.4 is 10.6 Å². The minimum absolute atomic E-state index is 0.194. The predicted octanol–water partition coefficient (Wildman–Crippen LogP) is 2.28. The molecule has 3 N–H and O–H groups in total. The lowest BCUT2D eigenvalue weighted by molar-refractivity contribution is 0.679. The second kappa shape index (κ2) is 5.70. The van der Waals surface area contributed by atoms with E-state index < -0.39 is 0 Å². The van der Waals surface area contributed by atoms with E-state index in [1.165, 1.54) is 0 Å². The van der Waals surface area contributed by atoms with Crippen molar-refractivity contribution in [1.29, 1.82) is 5.41 Å². The number of hydrogen-bond acceptors (Lipinski definition) is 3. The summed E-state index contributed by atoms with van der Waals surface area (Å²) in [5.74, 6) is 1.06. The van der Waals surface area contributed by atoms with Crippen LogP contribution in [0.5, 0.6) is 0 Å². The molecule has 0 spiro atoms. The molecule has 1 aromatic rings. The van der Waals surface area contributed by atoms with Crippen LogP contribution in [0.2, 0.25) is 5.02 Å². The Balaban J connectivity index is 2.77. The van der Waals surface area contributed by atoms with Crippen LogP contribution in [-0.4, -0.2) is 23.4 Å². The van der Waals surface area contributed by atoms with Gasteiger partial charge in [0.25, 0.3) is 0 Å². The van der Waals surface area contributed by atoms with Gasteiger partial charge in [0, 0.05) is 25.2 Å². The Hall–Kier alpha value is -1.29. The quantitative estimate of drug-likeness (QED) is 0.613. The first-order valence-electron chi connectivity index (χ1n) is 5.22. The number of rotatable bonds is 5. The van der Waals surface area contributed by atoms with Crippen LogP contribution in [0, 0.1) is 5.41 Å². The van der Waals surface area contributed by atoms with Crippen molar-refractivity contribution >= 4 is 23.3 Å². The third kappa shape index (κ3) is 3.70. The highest BCUT2D eigenvalue weighted by molar-refractivity contribution is 6.30. The number of anilines is 1. The molecule has 88 valence electrons. The molecule has 5 heteroatoms. The van der Waals surface area contributed by atoms with Gasteiger partial charge in [0.2, 0.25) is 0 Å². The first-order chi connectivity index (χ1) is 7.50. The van der Waals surface area contributed by atoms with Gasteiger partial charge in [-0.2, -0.15) is 0 Å². The molecule has 0 amide bonds. The number of halogens is 1. The number of nitrogens with zero attached hydrogens (tertiary/aromatic N) is 2. The molecule has 0 aliphatic carbocycles. The average Bonchev–Trinajstić information content (AvgIpc) is 2.20. The lowest BCUT2D eigenvalue weighted by Crippen LogP contribution is -2.34. The number of nitrogens with two attached hydrogens (primary N) is 1. The van der Waals surface area contributed by atoms with Gasteiger partial charge in [0.1, 0.15) is 5.82 Å². The Labute approximate surface area is 101 Å². The average molecular weight is 241 g/mol. The van der Waals surface area contributed by atoms with Gasteiger partial charge in [-0.1, -0.05) is 11.6 Å². The van der Waals surface area contributed by atoms with Gasteiger partial charge in [-0.05, 0) is 26.0 Å². The van der Waals surface area contributed by atoms with E-state index in [4.69, 9.17) is 22.7 Å². The maximum atomic E-state index is 7.23. The van der Waals surface area contributed by atoms with Crippen molar-refractivity contribution in [2.75, 3.05) is 11.4 Å². The van der Waals surface area contributed by atoms with E-state index in [0.717, 1.165) is 5.82 Å². The number of hydrogen-bond donors (Lipinski definition) is 2. The van der Waals surface area contributed by atoms with E-state index in [2.05, 4.69) is 23.7 Å². The summed E-state index contributed by atoms with van der Waals surface area (Å²) in [6, 6.07) is 4.00. The van der Waals surface area contributed by atoms with E-state index in [0.29, 0.717) is 24.0 Å². The van der Waals surface area contributed by atoms with Gasteiger partial charge in [0.15, 0.2) is 0 Å². The molecular formula is C11H17ClN4. The molecular weight excluding hydrogens is 224 g/mol. The van der Waals surface area contributed by atoms with Gasteiger partial charge >= 0.3 is 0 Å². The minimum Gasteiger partial charge on any atom is -0.388 e. The van der Waals surface area contributed by atoms with Gasteiger partial charge in [-0.15, -0.1) is 0 Å². The van der Waals surface area contributed by atoms with Gasteiger partial charge in [-0.25, -0.2) is 4.98 Å². The van der Waals surface area contributed by atoms with E-state index in [1.807, 2.05) is 12.1 Å². The molecule has 0 aromatic carbocycles. The summed E-state index contributed by atoms with van der Waals surface area (Å²) in [5, 5.41) is 7.86. The first-order valence-corrected chi connectivity index (χ1v) is 5.59. The fourth-order valence-electron chi connectivity index (χ4n) is 1.42. The molecule has 0 aliphatic rings. The minimum atomic E-state index is 0.194. The van der Waals surface area contributed by atoms with Crippen molar-refractivity contribution in [3.05, 3.63) is 23.4 Å². The fourth-order valence-corrected chi connectivity index (χ4v) is 1.53. The summed E-state index contributed by atoms with van der Waals surface area (Å²) < 4.78 is 0. The Kier molecular flexibility index (Phi) is 4.55. The molecule has 1 heterocycles. The molecule has 1 aromatic heterocycles. The standard InChI is InChI=1S/C11H17ClN4/c1-8(2)16(6-5-10(13)14)11-4-3-9(12)7-15-11/h3-4,7-8H,5-6H2,1-2H3,(H3,13,14). The van der Waals surface area contributed by atoms with Crippen molar-refractivity contribution in [1.82, 2.24) is 4.98 Å². The van der Waals surface area contributed by atoms with Crippen LogP contribution in [0.1, 0.15) is 20.3 Å². The van der Waals surface area contributed by atoms with Crippen molar-refractivity contribution in [3.8, 4) is 0 Å². The zero-order valence-corrected chi connectivity index (χ0v) is 10.3. The van der Waals surface area contributed by atoms with Crippen LogP contribution in [0.15, 0.2) is 18.3 Å². The predicted molar refractivity (Wildman–Crippen MR) is 68.3 cm³/mol. The zero-order valence-electron chi connectivity index (χ0n) is 9.57. The maximum absolute atomic E-state index is 7.23. The topological polar surface area (TPSA) is 66.0 Å². The summed E-state index contributed by atoms with van der Waals surface area (Å²) in [5.41, 5.74) is 5.36. The lowest BCUT2D eigenvalue weighted by atomic mass is 10.2. The van der Waals surface area contributed by atoms with E-state index in [9.17, 15) is 0 Å². The summed E-state index contributed by atoms with van der Waals surface area (Å²) in [7, 11) is 0. The highest BCUT2D eigenvalue weighted by Gasteiger charge is 2.11. The third-order valence-electron chi connectivity index (χ3n) is 2.25. The van der Waals surface area contributed by atoms with E-state index >= 15 is 0 Å². The second-order valence-electron chi connectivity index (χ2n) is 3.90. The highest BCUT2D eigenvalue weighted by Crippen LogP contribution is 2.16. The number of pyridine rings is 1. The second-order valence-corrected chi connectivity index (χ2v) is 4.33. The van der Waals surface area contributed by atoms with Crippen LogP contribution in [-0.2, 0) is 0 Å². The molecule has 1 rings (SSSR count). The number of aromatic nitrogens is 1. The molecule has 0 unspecified atom stereocenters.